The van der Waals surface area contributed by atoms with Crippen molar-refractivity contribution in [2.24, 2.45) is 10.9 Å². The monoisotopic (exact) mass is 375 g/mol. The van der Waals surface area contributed by atoms with Crippen LogP contribution in [0.4, 0.5) is 0 Å². The van der Waals surface area contributed by atoms with Gasteiger partial charge in [-0.25, -0.2) is 0 Å². The van der Waals surface area contributed by atoms with Gasteiger partial charge in [0.25, 0.3) is 0 Å². The Bertz CT molecular complexity index is 612. The third-order valence-corrected chi connectivity index (χ3v) is 4.53. The summed E-state index contributed by atoms with van der Waals surface area (Å²) < 4.78 is 5.43. The molecule has 1 aromatic rings. The predicted octanol–water partition coefficient (Wildman–Crippen LogP) is 0.956. The molecule has 150 valence electrons. The molecule has 1 aliphatic heterocycles. The van der Waals surface area contributed by atoms with Crippen LogP contribution in [-0.4, -0.2) is 63.2 Å². The number of benzene rings is 1. The van der Waals surface area contributed by atoms with Gasteiger partial charge in [-0.1, -0.05) is 38.1 Å². The number of hydrogen-bond donors (Lipinski definition) is 3. The van der Waals surface area contributed by atoms with Gasteiger partial charge in [0.1, 0.15) is 0 Å². The number of morpholine rings is 1. The standard InChI is InChI=1S/C20H33N5O2/c1-16(2)19(26)22-8-9-23-20(21-3)24-14-17-6-4-5-7-18(17)15-25-10-12-27-13-11-25/h4-7,16H,8-15H2,1-3H3,(H,22,26)(H2,21,23,24). The van der Waals surface area contributed by atoms with Gasteiger partial charge in [0, 0.05) is 52.2 Å². The molecule has 1 amide bonds. The van der Waals surface area contributed by atoms with Gasteiger partial charge in [0.2, 0.25) is 5.91 Å². The second-order valence-corrected chi connectivity index (χ2v) is 6.96. The normalized spacial score (nSPS) is 15.6. The van der Waals surface area contributed by atoms with E-state index in [9.17, 15) is 4.79 Å². The van der Waals surface area contributed by atoms with Crippen LogP contribution in [0.3, 0.4) is 0 Å². The Kier molecular flexibility index (Phi) is 9.07. The van der Waals surface area contributed by atoms with E-state index in [1.54, 1.807) is 7.05 Å². The molecule has 3 N–H and O–H groups in total. The van der Waals surface area contributed by atoms with Crippen molar-refractivity contribution in [3.05, 3.63) is 35.4 Å². The minimum absolute atomic E-state index is 0.00501. The second-order valence-electron chi connectivity index (χ2n) is 6.96. The Morgan fingerprint density at radius 1 is 1.11 bits per heavy atom. The van der Waals surface area contributed by atoms with Crippen molar-refractivity contribution >= 4 is 11.9 Å². The number of rotatable bonds is 8. The highest BCUT2D eigenvalue weighted by Crippen LogP contribution is 2.12. The molecular weight excluding hydrogens is 342 g/mol. The van der Waals surface area contributed by atoms with Gasteiger partial charge >= 0.3 is 0 Å². The fourth-order valence-electron chi connectivity index (χ4n) is 2.85. The molecule has 2 rings (SSSR count). The first-order valence-electron chi connectivity index (χ1n) is 9.69. The average molecular weight is 376 g/mol. The van der Waals surface area contributed by atoms with Crippen molar-refractivity contribution in [1.29, 1.82) is 0 Å². The van der Waals surface area contributed by atoms with Crippen molar-refractivity contribution in [3.8, 4) is 0 Å². The Morgan fingerprint density at radius 3 is 2.44 bits per heavy atom. The molecule has 1 fully saturated rings. The van der Waals surface area contributed by atoms with E-state index in [-0.39, 0.29) is 11.8 Å². The fourth-order valence-corrected chi connectivity index (χ4v) is 2.85. The number of guanidine groups is 1. The first-order chi connectivity index (χ1) is 13.1. The number of hydrogen-bond acceptors (Lipinski definition) is 4. The van der Waals surface area contributed by atoms with Gasteiger partial charge in [-0.05, 0) is 11.1 Å². The summed E-state index contributed by atoms with van der Waals surface area (Å²) in [6.45, 7) is 10.2. The second kappa shape index (κ2) is 11.6. The summed E-state index contributed by atoms with van der Waals surface area (Å²) in [6.07, 6.45) is 0. The Labute approximate surface area is 162 Å². The summed E-state index contributed by atoms with van der Waals surface area (Å²) in [6, 6.07) is 8.49. The molecule has 0 saturated carbocycles. The van der Waals surface area contributed by atoms with Crippen molar-refractivity contribution in [2.45, 2.75) is 26.9 Å². The maximum absolute atomic E-state index is 11.6. The average Bonchev–Trinajstić information content (AvgIpc) is 2.69. The van der Waals surface area contributed by atoms with E-state index >= 15 is 0 Å². The maximum Gasteiger partial charge on any atom is 0.222 e. The lowest BCUT2D eigenvalue weighted by molar-refractivity contribution is -0.123. The van der Waals surface area contributed by atoms with Crippen molar-refractivity contribution < 1.29 is 9.53 Å². The zero-order valence-corrected chi connectivity index (χ0v) is 16.8. The van der Waals surface area contributed by atoms with Gasteiger partial charge in [-0.3, -0.25) is 14.7 Å². The SMILES string of the molecule is CN=C(NCCNC(=O)C(C)C)NCc1ccccc1CN1CCOCC1. The predicted molar refractivity (Wildman–Crippen MR) is 109 cm³/mol. The molecule has 7 nitrogen and oxygen atoms in total. The first kappa shape index (κ1) is 21.2. The van der Waals surface area contributed by atoms with Crippen LogP contribution in [0.15, 0.2) is 29.3 Å². The quantitative estimate of drug-likeness (QED) is 0.358. The smallest absolute Gasteiger partial charge is 0.222 e. The largest absolute Gasteiger partial charge is 0.379 e. The lowest BCUT2D eigenvalue weighted by Crippen LogP contribution is -2.42. The van der Waals surface area contributed by atoms with E-state index in [0.717, 1.165) is 38.8 Å². The summed E-state index contributed by atoms with van der Waals surface area (Å²) in [4.78, 5) is 18.3. The lowest BCUT2D eigenvalue weighted by Gasteiger charge is -2.27. The molecule has 0 aromatic heterocycles. The van der Waals surface area contributed by atoms with Gasteiger partial charge < -0.3 is 20.7 Å². The van der Waals surface area contributed by atoms with Crippen molar-refractivity contribution in [2.75, 3.05) is 46.4 Å². The van der Waals surface area contributed by atoms with Crippen LogP contribution >= 0.6 is 0 Å². The van der Waals surface area contributed by atoms with Gasteiger partial charge in [0.05, 0.1) is 13.2 Å². The molecule has 0 radical (unpaired) electrons. The molecule has 0 aliphatic carbocycles. The first-order valence-corrected chi connectivity index (χ1v) is 9.69. The van der Waals surface area contributed by atoms with E-state index in [1.165, 1.54) is 11.1 Å². The number of nitrogens with one attached hydrogen (secondary N) is 3. The number of aliphatic imine (C=N–C) groups is 1. The van der Waals surface area contributed by atoms with E-state index < -0.39 is 0 Å². The Balaban J connectivity index is 1.79. The molecule has 27 heavy (non-hydrogen) atoms. The third-order valence-electron chi connectivity index (χ3n) is 4.53. The number of carbonyl (C=O) groups is 1. The van der Waals surface area contributed by atoms with Crippen LogP contribution in [0, 0.1) is 5.92 Å². The van der Waals surface area contributed by atoms with Crippen molar-refractivity contribution in [3.63, 3.8) is 0 Å². The zero-order valence-electron chi connectivity index (χ0n) is 16.8. The summed E-state index contributed by atoms with van der Waals surface area (Å²) in [5.41, 5.74) is 2.59. The van der Waals surface area contributed by atoms with Crippen LogP contribution < -0.4 is 16.0 Å². The van der Waals surface area contributed by atoms with Crippen molar-refractivity contribution in [1.82, 2.24) is 20.9 Å². The van der Waals surface area contributed by atoms with Crippen LogP contribution in [0.25, 0.3) is 0 Å². The lowest BCUT2D eigenvalue weighted by atomic mass is 10.1. The van der Waals surface area contributed by atoms with Crippen LogP contribution in [0.1, 0.15) is 25.0 Å². The molecule has 0 unspecified atom stereocenters. The van der Waals surface area contributed by atoms with E-state index in [1.807, 2.05) is 13.8 Å². The number of nitrogens with zero attached hydrogens (tertiary/aromatic N) is 2. The molecular formula is C20H33N5O2. The van der Waals surface area contributed by atoms with E-state index in [4.69, 9.17) is 4.74 Å². The van der Waals surface area contributed by atoms with Crippen LogP contribution in [-0.2, 0) is 22.6 Å². The molecule has 1 aromatic carbocycles. The van der Waals surface area contributed by atoms with Crippen LogP contribution in [0.5, 0.6) is 0 Å². The third kappa shape index (κ3) is 7.56. The summed E-state index contributed by atoms with van der Waals surface area (Å²) >= 11 is 0. The number of carbonyl (C=O) groups excluding carboxylic acids is 1. The topological polar surface area (TPSA) is 78.0 Å². The maximum atomic E-state index is 11.6. The highest BCUT2D eigenvalue weighted by Gasteiger charge is 2.12. The fraction of sp³-hybridized carbons (Fsp3) is 0.600. The Hall–Kier alpha value is -2.12. The molecule has 0 atom stereocenters. The molecule has 1 heterocycles. The van der Waals surface area contributed by atoms with Gasteiger partial charge in [-0.2, -0.15) is 0 Å². The minimum Gasteiger partial charge on any atom is -0.379 e. The molecule has 0 spiro atoms. The summed E-state index contributed by atoms with van der Waals surface area (Å²) in [7, 11) is 1.75. The van der Waals surface area contributed by atoms with E-state index in [0.29, 0.717) is 19.6 Å². The van der Waals surface area contributed by atoms with E-state index in [2.05, 4.69) is 50.1 Å². The zero-order chi connectivity index (χ0) is 19.5. The van der Waals surface area contributed by atoms with Crippen LogP contribution in [0.2, 0.25) is 0 Å². The molecule has 0 bridgehead atoms. The number of ether oxygens (including phenoxy) is 1. The highest BCUT2D eigenvalue weighted by molar-refractivity contribution is 5.80. The van der Waals surface area contributed by atoms with Gasteiger partial charge in [-0.15, -0.1) is 0 Å². The Morgan fingerprint density at radius 2 is 1.78 bits per heavy atom. The summed E-state index contributed by atoms with van der Waals surface area (Å²) in [5, 5.41) is 9.48. The molecule has 1 saturated heterocycles. The highest BCUT2D eigenvalue weighted by atomic mass is 16.5. The minimum atomic E-state index is 0.00501. The molecule has 1 aliphatic rings. The van der Waals surface area contributed by atoms with Gasteiger partial charge in [0.15, 0.2) is 5.96 Å². The molecule has 7 heteroatoms. The summed E-state index contributed by atoms with van der Waals surface area (Å²) in [5.74, 6) is 0.803. The number of amides is 1.